The van der Waals surface area contributed by atoms with Gasteiger partial charge in [-0.2, -0.15) is 0 Å². The summed E-state index contributed by atoms with van der Waals surface area (Å²) in [6, 6.07) is 0. The van der Waals surface area contributed by atoms with E-state index in [9.17, 15) is 9.59 Å². The van der Waals surface area contributed by atoms with Crippen LogP contribution in [-0.2, 0) is 42.7 Å². The van der Waals surface area contributed by atoms with Crippen LogP contribution in [0.4, 0.5) is 0 Å². The third-order valence-electron chi connectivity index (χ3n) is 7.42. The molecule has 3 rings (SSSR count). The van der Waals surface area contributed by atoms with E-state index in [1.54, 1.807) is 0 Å². The fourth-order valence-corrected chi connectivity index (χ4v) is 4.93. The van der Waals surface area contributed by atoms with Gasteiger partial charge in [0.1, 0.15) is 37.9 Å². The maximum Gasteiger partial charge on any atom is 0.332 e. The lowest BCUT2D eigenvalue weighted by atomic mass is 9.98. The molecule has 2 N–H and O–H groups in total. The summed E-state index contributed by atoms with van der Waals surface area (Å²) in [5.74, 6) is -1.29. The summed E-state index contributed by atoms with van der Waals surface area (Å²) < 4.78 is 49.3. The van der Waals surface area contributed by atoms with Gasteiger partial charge in [0, 0.05) is 19.8 Å². The Morgan fingerprint density at radius 1 is 0.886 bits per heavy atom. The van der Waals surface area contributed by atoms with Crippen molar-refractivity contribution in [2.45, 2.75) is 122 Å². The van der Waals surface area contributed by atoms with Crippen LogP contribution < -0.4 is 5.73 Å². The summed E-state index contributed by atoms with van der Waals surface area (Å²) in [6.07, 6.45) is 5.92. The highest BCUT2D eigenvalue weighted by Gasteiger charge is 2.47. The van der Waals surface area contributed by atoms with E-state index in [-0.39, 0.29) is 56.7 Å². The van der Waals surface area contributed by atoms with Crippen LogP contribution in [0.15, 0.2) is 6.33 Å². The number of nitrogens with two attached hydrogens (primary N) is 1. The number of rotatable bonds is 22. The molecular formula is C30H52N4O10. The number of esters is 1. The van der Waals surface area contributed by atoms with Gasteiger partial charge in [-0.15, -0.1) is 5.10 Å². The second kappa shape index (κ2) is 20.0. The monoisotopic (exact) mass is 628 g/mol. The van der Waals surface area contributed by atoms with Crippen LogP contribution >= 0.6 is 0 Å². The summed E-state index contributed by atoms with van der Waals surface area (Å²) >= 11 is 0. The van der Waals surface area contributed by atoms with Crippen molar-refractivity contribution >= 4 is 11.9 Å². The zero-order valence-electron chi connectivity index (χ0n) is 26.7. The van der Waals surface area contributed by atoms with Crippen LogP contribution in [0.25, 0.3) is 0 Å². The van der Waals surface area contributed by atoms with Gasteiger partial charge >= 0.3 is 5.97 Å². The minimum absolute atomic E-state index is 0.0746. The van der Waals surface area contributed by atoms with Crippen LogP contribution in [0.3, 0.4) is 0 Å². The maximum absolute atomic E-state index is 12.3. The number of aromatic nitrogens is 3. The normalized spacial score (nSPS) is 27.0. The molecule has 3 heterocycles. The van der Waals surface area contributed by atoms with Crippen molar-refractivity contribution in [1.29, 1.82) is 0 Å². The number of hydrogen-bond acceptors (Lipinski definition) is 12. The second-order valence-electron chi connectivity index (χ2n) is 11.1. The predicted octanol–water partition coefficient (Wildman–Crippen LogP) is 2.93. The predicted molar refractivity (Wildman–Crippen MR) is 158 cm³/mol. The maximum atomic E-state index is 12.3. The average Bonchev–Trinajstić information content (AvgIpc) is 3.69. The largest absolute Gasteiger partial charge is 0.461 e. The first-order valence-corrected chi connectivity index (χ1v) is 16.1. The number of amides is 1. The lowest BCUT2D eigenvalue weighted by molar-refractivity contribution is -0.316. The Kier molecular flexibility index (Phi) is 16.5. The van der Waals surface area contributed by atoms with Crippen molar-refractivity contribution in [1.82, 2.24) is 14.8 Å². The van der Waals surface area contributed by atoms with E-state index in [1.807, 2.05) is 6.92 Å². The first kappa shape index (κ1) is 36.3. The molecule has 14 nitrogen and oxygen atoms in total. The van der Waals surface area contributed by atoms with Gasteiger partial charge in [0.05, 0.1) is 25.4 Å². The second-order valence-corrected chi connectivity index (χ2v) is 11.1. The Bertz CT molecular complexity index is 966. The van der Waals surface area contributed by atoms with E-state index in [2.05, 4.69) is 30.9 Å². The standard InChI is InChI=1S/C30H52N4O10/c1-5-8-13-38-25-21(4)43-30(27(40-15-10-7-3)26(25)39-14-9-6-2)41-17-16-37-19-24(35)42-18-22-11-12-23(44-22)34-20-32-29(33-34)28(31)36/h20-23,25-27,30H,5-19H2,1-4H3,(H2,31,36)/t21?,22-,23+,25-,26?,27?,30+/m0/s1. The summed E-state index contributed by atoms with van der Waals surface area (Å²) in [4.78, 5) is 27.3. The third kappa shape index (κ3) is 11.6. The molecule has 0 radical (unpaired) electrons. The minimum Gasteiger partial charge on any atom is -0.461 e. The van der Waals surface area contributed by atoms with Crippen LogP contribution in [0.1, 0.15) is 95.9 Å². The van der Waals surface area contributed by atoms with Crippen molar-refractivity contribution in [3.05, 3.63) is 12.2 Å². The summed E-state index contributed by atoms with van der Waals surface area (Å²) in [6.45, 7) is 10.4. The molecule has 1 aromatic rings. The molecule has 44 heavy (non-hydrogen) atoms. The molecular weight excluding hydrogens is 576 g/mol. The Morgan fingerprint density at radius 3 is 2.18 bits per heavy atom. The molecule has 0 spiro atoms. The van der Waals surface area contributed by atoms with Crippen molar-refractivity contribution < 1.29 is 47.5 Å². The van der Waals surface area contributed by atoms with Gasteiger partial charge in [0.2, 0.25) is 5.82 Å². The average molecular weight is 629 g/mol. The summed E-state index contributed by atoms with van der Waals surface area (Å²) in [5.41, 5.74) is 5.20. The van der Waals surface area contributed by atoms with E-state index in [0.29, 0.717) is 32.7 Å². The molecule has 1 aromatic heterocycles. The van der Waals surface area contributed by atoms with Gasteiger partial charge in [-0.3, -0.25) is 4.79 Å². The Balaban J connectivity index is 1.41. The van der Waals surface area contributed by atoms with Crippen LogP contribution in [0.2, 0.25) is 0 Å². The number of primary amides is 1. The van der Waals surface area contributed by atoms with Gasteiger partial charge in [-0.1, -0.05) is 40.0 Å². The van der Waals surface area contributed by atoms with Crippen LogP contribution in [0, 0.1) is 0 Å². The Hall–Kier alpha value is -2.20. The van der Waals surface area contributed by atoms with Gasteiger partial charge in [-0.25, -0.2) is 14.5 Å². The third-order valence-corrected chi connectivity index (χ3v) is 7.42. The van der Waals surface area contributed by atoms with Crippen LogP contribution in [0.5, 0.6) is 0 Å². The molecule has 0 aliphatic carbocycles. The van der Waals surface area contributed by atoms with Gasteiger partial charge < -0.3 is 43.6 Å². The highest BCUT2D eigenvalue weighted by atomic mass is 16.7. The number of nitrogens with zero attached hydrogens (tertiary/aromatic N) is 3. The molecule has 0 aromatic carbocycles. The van der Waals surface area contributed by atoms with E-state index in [1.165, 1.54) is 11.0 Å². The number of carbonyl (C=O) groups excluding carboxylic acids is 2. The lowest BCUT2D eigenvalue weighted by Crippen LogP contribution is -2.60. The first-order chi connectivity index (χ1) is 21.4. The van der Waals surface area contributed by atoms with Crippen molar-refractivity contribution in [2.75, 3.05) is 46.2 Å². The quantitative estimate of drug-likeness (QED) is 0.148. The van der Waals surface area contributed by atoms with Crippen molar-refractivity contribution in [3.63, 3.8) is 0 Å². The van der Waals surface area contributed by atoms with E-state index < -0.39 is 30.5 Å². The van der Waals surface area contributed by atoms with Gasteiger partial charge in [0.15, 0.2) is 12.5 Å². The topological polar surface area (TPSA) is 165 Å². The van der Waals surface area contributed by atoms with Crippen molar-refractivity contribution in [3.8, 4) is 0 Å². The molecule has 2 aliphatic rings. The SMILES string of the molecule is CCCCOC1C(OCCCC)[C@@H](OCCCC)C(C)O[C@H]1OCCOCC(=O)OC[C@@H]1CC[C@H](n2cnc(C(N)=O)n2)O1. The van der Waals surface area contributed by atoms with Gasteiger partial charge in [-0.05, 0) is 39.0 Å². The first-order valence-electron chi connectivity index (χ1n) is 16.1. The number of carbonyl (C=O) groups is 2. The molecule has 7 atom stereocenters. The Labute approximate surface area is 260 Å². The Morgan fingerprint density at radius 2 is 1.55 bits per heavy atom. The summed E-state index contributed by atoms with van der Waals surface area (Å²) in [7, 11) is 0. The molecule has 2 aliphatic heterocycles. The van der Waals surface area contributed by atoms with Crippen molar-refractivity contribution in [2.24, 2.45) is 5.73 Å². The zero-order chi connectivity index (χ0) is 31.7. The van der Waals surface area contributed by atoms with Crippen LogP contribution in [-0.4, -0.2) is 110 Å². The smallest absolute Gasteiger partial charge is 0.332 e. The molecule has 1 amide bonds. The molecule has 0 bridgehead atoms. The van der Waals surface area contributed by atoms with E-state index in [0.717, 1.165) is 38.5 Å². The zero-order valence-corrected chi connectivity index (χ0v) is 26.7. The highest BCUT2D eigenvalue weighted by Crippen LogP contribution is 2.30. The van der Waals surface area contributed by atoms with E-state index >= 15 is 0 Å². The van der Waals surface area contributed by atoms with Gasteiger partial charge in [0.25, 0.3) is 5.91 Å². The molecule has 3 unspecified atom stereocenters. The number of hydrogen-bond donors (Lipinski definition) is 1. The molecule has 2 fully saturated rings. The molecule has 0 saturated carbocycles. The number of unbranched alkanes of at least 4 members (excludes halogenated alkanes) is 3. The lowest BCUT2D eigenvalue weighted by Gasteiger charge is -2.45. The number of ether oxygens (including phenoxy) is 8. The highest BCUT2D eigenvalue weighted by molar-refractivity contribution is 5.88. The molecule has 252 valence electrons. The molecule has 2 saturated heterocycles. The fraction of sp³-hybridized carbons (Fsp3) is 0.867. The summed E-state index contributed by atoms with van der Waals surface area (Å²) in [5, 5.41) is 4.02. The van der Waals surface area contributed by atoms with E-state index in [4.69, 9.17) is 43.6 Å². The molecule has 14 heteroatoms. The minimum atomic E-state index is -0.708. The fourth-order valence-electron chi connectivity index (χ4n) is 4.93.